The van der Waals surface area contributed by atoms with Gasteiger partial charge in [-0.25, -0.2) is 9.97 Å². The predicted octanol–water partition coefficient (Wildman–Crippen LogP) is 3.03. The number of piperazine rings is 1. The van der Waals surface area contributed by atoms with Crippen LogP contribution in [0.5, 0.6) is 0 Å². The maximum absolute atomic E-state index is 5.86. The van der Waals surface area contributed by atoms with Crippen LogP contribution in [0.3, 0.4) is 0 Å². The fourth-order valence-corrected chi connectivity index (χ4v) is 4.65. The van der Waals surface area contributed by atoms with Crippen LogP contribution in [0.1, 0.15) is 23.5 Å². The SMILES string of the molecule is CN1CCN(c2nc(CCOCc3ccccc3)nc3c2SCCC3)CC1. The van der Waals surface area contributed by atoms with Gasteiger partial charge in [0.05, 0.1) is 23.8 Å². The Hall–Kier alpha value is -1.63. The molecule has 1 aromatic carbocycles. The summed E-state index contributed by atoms with van der Waals surface area (Å²) >= 11 is 1.93. The zero-order valence-corrected chi connectivity index (χ0v) is 16.9. The molecule has 2 aliphatic rings. The number of ether oxygens (including phenoxy) is 1. The van der Waals surface area contributed by atoms with E-state index < -0.39 is 0 Å². The molecule has 6 heteroatoms. The van der Waals surface area contributed by atoms with Crippen molar-refractivity contribution in [1.82, 2.24) is 14.9 Å². The molecule has 0 radical (unpaired) electrons. The minimum atomic E-state index is 0.646. The molecule has 2 aliphatic heterocycles. The molecule has 0 amide bonds. The highest BCUT2D eigenvalue weighted by atomic mass is 32.2. The molecule has 144 valence electrons. The van der Waals surface area contributed by atoms with Gasteiger partial charge in [-0.15, -0.1) is 11.8 Å². The van der Waals surface area contributed by atoms with E-state index in [4.69, 9.17) is 14.7 Å². The third-order valence-corrected chi connectivity index (χ3v) is 6.35. The molecule has 3 heterocycles. The average molecular weight is 385 g/mol. The number of aryl methyl sites for hydroxylation is 1. The van der Waals surface area contributed by atoms with Gasteiger partial charge in [-0.3, -0.25) is 0 Å². The Labute approximate surface area is 166 Å². The van der Waals surface area contributed by atoms with E-state index in [1.54, 1.807) is 0 Å². The van der Waals surface area contributed by atoms with E-state index in [0.717, 1.165) is 50.7 Å². The second-order valence-corrected chi connectivity index (χ2v) is 8.37. The summed E-state index contributed by atoms with van der Waals surface area (Å²) in [5, 5.41) is 0. The molecule has 0 aliphatic carbocycles. The minimum Gasteiger partial charge on any atom is -0.376 e. The van der Waals surface area contributed by atoms with E-state index in [1.165, 1.54) is 28.3 Å². The van der Waals surface area contributed by atoms with Crippen molar-refractivity contribution in [3.8, 4) is 0 Å². The van der Waals surface area contributed by atoms with Crippen molar-refractivity contribution in [2.24, 2.45) is 0 Å². The summed E-state index contributed by atoms with van der Waals surface area (Å²) < 4.78 is 5.86. The minimum absolute atomic E-state index is 0.646. The molecule has 1 saturated heterocycles. The van der Waals surface area contributed by atoms with Gasteiger partial charge in [-0.2, -0.15) is 0 Å². The lowest BCUT2D eigenvalue weighted by Gasteiger charge is -2.35. The van der Waals surface area contributed by atoms with Gasteiger partial charge in [-0.05, 0) is 31.2 Å². The van der Waals surface area contributed by atoms with Crippen molar-refractivity contribution in [2.75, 3.05) is 50.5 Å². The molecule has 0 spiro atoms. The van der Waals surface area contributed by atoms with Crippen molar-refractivity contribution in [1.29, 1.82) is 0 Å². The Morgan fingerprint density at radius 3 is 2.70 bits per heavy atom. The Morgan fingerprint density at radius 1 is 1.07 bits per heavy atom. The van der Waals surface area contributed by atoms with E-state index in [-0.39, 0.29) is 0 Å². The zero-order valence-electron chi connectivity index (χ0n) is 16.1. The zero-order chi connectivity index (χ0) is 18.5. The molecule has 4 rings (SSSR count). The van der Waals surface area contributed by atoms with Gasteiger partial charge >= 0.3 is 0 Å². The number of aromatic nitrogens is 2. The summed E-state index contributed by atoms with van der Waals surface area (Å²) in [6, 6.07) is 10.3. The number of rotatable bonds is 6. The van der Waals surface area contributed by atoms with Crippen LogP contribution >= 0.6 is 11.8 Å². The number of fused-ring (bicyclic) bond motifs is 1. The third kappa shape index (κ3) is 4.81. The largest absolute Gasteiger partial charge is 0.376 e. The molecule has 0 N–H and O–H groups in total. The average Bonchev–Trinajstić information content (AvgIpc) is 2.72. The van der Waals surface area contributed by atoms with E-state index in [0.29, 0.717) is 13.2 Å². The monoisotopic (exact) mass is 384 g/mol. The van der Waals surface area contributed by atoms with E-state index >= 15 is 0 Å². The van der Waals surface area contributed by atoms with Gasteiger partial charge in [0.1, 0.15) is 11.6 Å². The highest BCUT2D eigenvalue weighted by Gasteiger charge is 2.24. The molecular formula is C21H28N4OS. The highest BCUT2D eigenvalue weighted by Crippen LogP contribution is 2.36. The van der Waals surface area contributed by atoms with Gasteiger partial charge in [0.25, 0.3) is 0 Å². The molecule has 0 unspecified atom stereocenters. The van der Waals surface area contributed by atoms with E-state index in [1.807, 2.05) is 30.0 Å². The van der Waals surface area contributed by atoms with Gasteiger partial charge in [0, 0.05) is 32.6 Å². The Balaban J connectivity index is 1.43. The molecule has 2 aromatic rings. The third-order valence-electron chi connectivity index (χ3n) is 5.15. The Kier molecular flexibility index (Phi) is 6.27. The van der Waals surface area contributed by atoms with Crippen LogP contribution in [0.25, 0.3) is 0 Å². The molecule has 5 nitrogen and oxygen atoms in total. The number of hydrogen-bond donors (Lipinski definition) is 0. The van der Waals surface area contributed by atoms with Crippen LogP contribution in [0.4, 0.5) is 5.82 Å². The van der Waals surface area contributed by atoms with Crippen LogP contribution < -0.4 is 4.90 Å². The van der Waals surface area contributed by atoms with Crippen LogP contribution in [-0.4, -0.2) is 60.5 Å². The normalized spacial score (nSPS) is 17.7. The lowest BCUT2D eigenvalue weighted by Crippen LogP contribution is -2.45. The Bertz CT molecular complexity index is 747. The lowest BCUT2D eigenvalue weighted by molar-refractivity contribution is 0.122. The fraction of sp³-hybridized carbons (Fsp3) is 0.524. The number of anilines is 1. The summed E-state index contributed by atoms with van der Waals surface area (Å²) in [5.41, 5.74) is 2.45. The van der Waals surface area contributed by atoms with Crippen molar-refractivity contribution in [3.05, 3.63) is 47.4 Å². The van der Waals surface area contributed by atoms with E-state index in [2.05, 4.69) is 29.0 Å². The summed E-state index contributed by atoms with van der Waals surface area (Å²) in [5.74, 6) is 3.27. The van der Waals surface area contributed by atoms with Crippen molar-refractivity contribution in [3.63, 3.8) is 0 Å². The standard InChI is InChI=1S/C21H28N4OS/c1-24-10-12-25(13-11-24)21-20-18(8-5-15-27-20)22-19(23-21)9-14-26-16-17-6-3-2-4-7-17/h2-4,6-7H,5,8-16H2,1H3. The van der Waals surface area contributed by atoms with Gasteiger partial charge in [0.15, 0.2) is 0 Å². The number of thioether (sulfide) groups is 1. The van der Waals surface area contributed by atoms with Crippen molar-refractivity contribution in [2.45, 2.75) is 30.8 Å². The topological polar surface area (TPSA) is 41.5 Å². The molecular weight excluding hydrogens is 356 g/mol. The summed E-state index contributed by atoms with van der Waals surface area (Å²) in [4.78, 5) is 16.0. The maximum Gasteiger partial charge on any atom is 0.146 e. The Morgan fingerprint density at radius 2 is 1.89 bits per heavy atom. The first-order valence-corrected chi connectivity index (χ1v) is 10.9. The lowest BCUT2D eigenvalue weighted by atomic mass is 10.2. The maximum atomic E-state index is 5.86. The molecule has 0 bridgehead atoms. The number of nitrogens with zero attached hydrogens (tertiary/aromatic N) is 4. The van der Waals surface area contributed by atoms with Crippen molar-refractivity contribution < 1.29 is 4.74 Å². The van der Waals surface area contributed by atoms with Gasteiger partial charge in [0.2, 0.25) is 0 Å². The number of likely N-dealkylation sites (N-methyl/N-ethyl adjacent to an activating group) is 1. The smallest absolute Gasteiger partial charge is 0.146 e. The number of hydrogen-bond acceptors (Lipinski definition) is 6. The first kappa shape index (κ1) is 18.7. The summed E-state index contributed by atoms with van der Waals surface area (Å²) in [6.45, 7) is 5.59. The van der Waals surface area contributed by atoms with Gasteiger partial charge in [-0.1, -0.05) is 30.3 Å². The molecule has 27 heavy (non-hydrogen) atoms. The molecule has 0 atom stereocenters. The molecule has 1 fully saturated rings. The van der Waals surface area contributed by atoms with Crippen molar-refractivity contribution >= 4 is 17.6 Å². The summed E-state index contributed by atoms with van der Waals surface area (Å²) in [7, 11) is 2.19. The first-order chi connectivity index (χ1) is 13.3. The predicted molar refractivity (Wildman–Crippen MR) is 111 cm³/mol. The molecule has 1 aromatic heterocycles. The molecule has 0 saturated carbocycles. The fourth-order valence-electron chi connectivity index (χ4n) is 3.54. The first-order valence-electron chi connectivity index (χ1n) is 9.87. The van der Waals surface area contributed by atoms with Crippen LogP contribution in [0, 0.1) is 0 Å². The highest BCUT2D eigenvalue weighted by molar-refractivity contribution is 7.99. The van der Waals surface area contributed by atoms with Gasteiger partial charge < -0.3 is 14.5 Å². The van der Waals surface area contributed by atoms with Crippen LogP contribution in [0.2, 0.25) is 0 Å². The summed E-state index contributed by atoms with van der Waals surface area (Å²) in [6.07, 6.45) is 3.05. The van der Waals surface area contributed by atoms with Crippen LogP contribution in [-0.2, 0) is 24.2 Å². The van der Waals surface area contributed by atoms with Crippen LogP contribution in [0.15, 0.2) is 35.2 Å². The second-order valence-electron chi connectivity index (χ2n) is 7.27. The second kappa shape index (κ2) is 9.04. The van der Waals surface area contributed by atoms with E-state index in [9.17, 15) is 0 Å². The number of benzene rings is 1. The quantitative estimate of drug-likeness (QED) is 0.713.